The molecule has 0 amide bonds. The molecule has 0 fully saturated rings. The minimum atomic E-state index is -3.04. The third-order valence-corrected chi connectivity index (χ3v) is 6.17. The van der Waals surface area contributed by atoms with E-state index in [9.17, 15) is 29.4 Å². The zero-order valence-corrected chi connectivity index (χ0v) is 18.7. The second kappa shape index (κ2) is 13.4. The van der Waals surface area contributed by atoms with Crippen molar-refractivity contribution in [2.75, 3.05) is 6.61 Å². The van der Waals surface area contributed by atoms with Crippen molar-refractivity contribution in [3.8, 4) is 0 Å². The van der Waals surface area contributed by atoms with Crippen LogP contribution in [0.1, 0.15) is 91.9 Å². The quantitative estimate of drug-likeness (QED) is 0.181. The van der Waals surface area contributed by atoms with Crippen molar-refractivity contribution in [1.82, 2.24) is 0 Å². The highest BCUT2D eigenvalue weighted by molar-refractivity contribution is 6.05. The summed E-state index contributed by atoms with van der Waals surface area (Å²) in [7, 11) is 0. The molecule has 0 aromatic carbocycles. The molecule has 0 spiro atoms. The summed E-state index contributed by atoms with van der Waals surface area (Å²) in [5.74, 6) is -7.67. The molecule has 0 aliphatic rings. The SMILES string of the molecule is CCCC(=O)C(C(=O)OCCCCCC(CC)(CC)CC)C(O)(CC(=O)O)C(=O)O. The van der Waals surface area contributed by atoms with Gasteiger partial charge in [0.25, 0.3) is 0 Å². The number of aliphatic hydroxyl groups is 1. The maximum absolute atomic E-state index is 12.5. The minimum absolute atomic E-state index is 0.0190. The summed E-state index contributed by atoms with van der Waals surface area (Å²) in [5, 5.41) is 28.7. The van der Waals surface area contributed by atoms with Gasteiger partial charge in [-0.3, -0.25) is 14.4 Å². The lowest BCUT2D eigenvalue weighted by atomic mass is 9.76. The van der Waals surface area contributed by atoms with Gasteiger partial charge in [0.05, 0.1) is 13.0 Å². The van der Waals surface area contributed by atoms with E-state index < -0.39 is 41.6 Å². The van der Waals surface area contributed by atoms with Crippen molar-refractivity contribution in [3.63, 3.8) is 0 Å². The van der Waals surface area contributed by atoms with Gasteiger partial charge in [-0.1, -0.05) is 59.8 Å². The zero-order chi connectivity index (χ0) is 23.4. The summed E-state index contributed by atoms with van der Waals surface area (Å²) in [6.07, 6.45) is 5.57. The van der Waals surface area contributed by atoms with E-state index in [1.165, 1.54) is 0 Å². The molecule has 8 nitrogen and oxygen atoms in total. The Hall–Kier alpha value is -1.96. The number of unbranched alkanes of at least 4 members (excludes halogenated alkanes) is 2. The number of esters is 1. The fourth-order valence-electron chi connectivity index (χ4n) is 3.83. The monoisotopic (exact) mass is 430 g/mol. The molecular weight excluding hydrogens is 392 g/mol. The molecule has 0 saturated carbocycles. The van der Waals surface area contributed by atoms with Crippen molar-refractivity contribution in [3.05, 3.63) is 0 Å². The molecule has 3 N–H and O–H groups in total. The molecule has 0 bridgehead atoms. The lowest BCUT2D eigenvalue weighted by Gasteiger charge is -2.30. The molecule has 0 aromatic heterocycles. The Morgan fingerprint density at radius 2 is 1.47 bits per heavy atom. The average Bonchev–Trinajstić information content (AvgIpc) is 2.67. The van der Waals surface area contributed by atoms with Crippen LogP contribution in [0.3, 0.4) is 0 Å². The predicted octanol–water partition coefficient (Wildman–Crippen LogP) is 3.58. The highest BCUT2D eigenvalue weighted by atomic mass is 16.5. The molecule has 174 valence electrons. The number of carbonyl (C=O) groups excluding carboxylic acids is 2. The van der Waals surface area contributed by atoms with Crippen LogP contribution in [0.4, 0.5) is 0 Å². The minimum Gasteiger partial charge on any atom is -0.481 e. The first-order chi connectivity index (χ1) is 14.0. The van der Waals surface area contributed by atoms with E-state index in [0.717, 1.165) is 38.5 Å². The van der Waals surface area contributed by atoms with E-state index in [2.05, 4.69) is 20.8 Å². The van der Waals surface area contributed by atoms with Crippen molar-refractivity contribution in [2.24, 2.45) is 11.3 Å². The lowest BCUT2D eigenvalue weighted by Crippen LogP contribution is -2.54. The van der Waals surface area contributed by atoms with Crippen LogP contribution < -0.4 is 0 Å². The zero-order valence-electron chi connectivity index (χ0n) is 18.7. The molecular formula is C22H38O8. The average molecular weight is 431 g/mol. The molecule has 30 heavy (non-hydrogen) atoms. The van der Waals surface area contributed by atoms with Crippen LogP contribution in [-0.2, 0) is 23.9 Å². The maximum atomic E-state index is 12.5. The number of hydrogen-bond donors (Lipinski definition) is 3. The van der Waals surface area contributed by atoms with Gasteiger partial charge in [0.1, 0.15) is 0 Å². The number of carboxylic acids is 2. The van der Waals surface area contributed by atoms with E-state index in [4.69, 9.17) is 9.84 Å². The first-order valence-corrected chi connectivity index (χ1v) is 10.9. The van der Waals surface area contributed by atoms with Crippen molar-refractivity contribution in [2.45, 2.75) is 97.5 Å². The summed E-state index contributed by atoms with van der Waals surface area (Å²) in [6.45, 7) is 8.18. The number of ether oxygens (including phenoxy) is 1. The third kappa shape index (κ3) is 8.05. The van der Waals surface area contributed by atoms with Gasteiger partial charge in [-0.2, -0.15) is 0 Å². The van der Waals surface area contributed by atoms with Gasteiger partial charge in [-0.15, -0.1) is 0 Å². The van der Waals surface area contributed by atoms with E-state index in [-0.39, 0.29) is 13.0 Å². The molecule has 0 aliphatic heterocycles. The van der Waals surface area contributed by atoms with Gasteiger partial charge < -0.3 is 20.1 Å². The van der Waals surface area contributed by atoms with Crippen LogP contribution >= 0.6 is 0 Å². The Morgan fingerprint density at radius 3 is 1.90 bits per heavy atom. The Morgan fingerprint density at radius 1 is 0.900 bits per heavy atom. The predicted molar refractivity (Wildman–Crippen MR) is 111 cm³/mol. The highest BCUT2D eigenvalue weighted by Crippen LogP contribution is 2.36. The summed E-state index contributed by atoms with van der Waals surface area (Å²) >= 11 is 0. The largest absolute Gasteiger partial charge is 0.481 e. The van der Waals surface area contributed by atoms with Gasteiger partial charge in [-0.05, 0) is 24.7 Å². The number of rotatable bonds is 17. The van der Waals surface area contributed by atoms with Gasteiger partial charge >= 0.3 is 17.9 Å². The fraction of sp³-hybridized carbons (Fsp3) is 0.818. The number of aliphatic carboxylic acids is 2. The topological polar surface area (TPSA) is 138 Å². The lowest BCUT2D eigenvalue weighted by molar-refractivity contribution is -0.183. The van der Waals surface area contributed by atoms with Crippen LogP contribution in [-0.4, -0.2) is 51.2 Å². The van der Waals surface area contributed by atoms with Crippen molar-refractivity contribution < 1.29 is 39.2 Å². The first-order valence-electron chi connectivity index (χ1n) is 10.9. The first kappa shape index (κ1) is 28.0. The molecule has 0 aromatic rings. The number of Topliss-reactive ketones (excluding diaryl/α,β-unsaturated/α-hetero) is 1. The number of carbonyl (C=O) groups is 4. The molecule has 0 radical (unpaired) electrons. The third-order valence-electron chi connectivity index (χ3n) is 6.17. The van der Waals surface area contributed by atoms with Gasteiger partial charge in [-0.25, -0.2) is 4.79 Å². The number of carboxylic acid groups (broad SMARTS) is 2. The van der Waals surface area contributed by atoms with Crippen LogP contribution in [0.15, 0.2) is 0 Å². The maximum Gasteiger partial charge on any atom is 0.337 e. The van der Waals surface area contributed by atoms with Crippen LogP contribution in [0, 0.1) is 11.3 Å². The smallest absolute Gasteiger partial charge is 0.337 e. The summed E-state index contributed by atoms with van der Waals surface area (Å²) < 4.78 is 5.08. The standard InChI is InChI=1S/C22H38O8/c1-5-12-16(23)18(22(29,20(27)28)15-17(24)25)19(26)30-14-11-9-10-13-21(6-2,7-3)8-4/h18,29H,5-15H2,1-4H3,(H,24,25)(H,27,28). The van der Waals surface area contributed by atoms with Gasteiger partial charge in [0.15, 0.2) is 17.3 Å². The van der Waals surface area contributed by atoms with Gasteiger partial charge in [0, 0.05) is 6.42 Å². The van der Waals surface area contributed by atoms with E-state index in [0.29, 0.717) is 18.3 Å². The second-order valence-electron chi connectivity index (χ2n) is 7.99. The number of ketones is 1. The molecule has 0 aliphatic carbocycles. The molecule has 2 unspecified atom stereocenters. The Bertz CT molecular complexity index is 573. The Labute approximate surface area is 179 Å². The Kier molecular flexibility index (Phi) is 12.5. The highest BCUT2D eigenvalue weighted by Gasteiger charge is 2.53. The van der Waals surface area contributed by atoms with Crippen LogP contribution in [0.5, 0.6) is 0 Å². The summed E-state index contributed by atoms with van der Waals surface area (Å²) in [5.41, 5.74) is -2.72. The summed E-state index contributed by atoms with van der Waals surface area (Å²) in [4.78, 5) is 47.4. The normalized spacial score (nSPS) is 14.6. The van der Waals surface area contributed by atoms with E-state index in [1.807, 2.05) is 0 Å². The van der Waals surface area contributed by atoms with Gasteiger partial charge in [0.2, 0.25) is 0 Å². The molecule has 2 atom stereocenters. The van der Waals surface area contributed by atoms with E-state index >= 15 is 0 Å². The molecule has 0 saturated heterocycles. The van der Waals surface area contributed by atoms with Crippen LogP contribution in [0.2, 0.25) is 0 Å². The molecule has 0 rings (SSSR count). The fourth-order valence-corrected chi connectivity index (χ4v) is 3.83. The molecule has 0 heterocycles. The Balaban J connectivity index is 4.98. The number of hydrogen-bond acceptors (Lipinski definition) is 6. The van der Waals surface area contributed by atoms with Crippen LogP contribution in [0.25, 0.3) is 0 Å². The summed E-state index contributed by atoms with van der Waals surface area (Å²) in [6, 6.07) is 0. The van der Waals surface area contributed by atoms with Crippen molar-refractivity contribution in [1.29, 1.82) is 0 Å². The van der Waals surface area contributed by atoms with Crippen molar-refractivity contribution >= 4 is 23.7 Å². The molecule has 8 heteroatoms. The second-order valence-corrected chi connectivity index (χ2v) is 7.99. The van der Waals surface area contributed by atoms with E-state index in [1.54, 1.807) is 6.92 Å².